The number of benzene rings is 2. The number of hydrogen-bond donors (Lipinski definition) is 2. The van der Waals surface area contributed by atoms with Crippen molar-refractivity contribution in [3.05, 3.63) is 84.3 Å². The van der Waals surface area contributed by atoms with E-state index in [1.165, 1.54) is 0 Å². The van der Waals surface area contributed by atoms with E-state index in [4.69, 9.17) is 16.6 Å². The molecule has 1 saturated carbocycles. The van der Waals surface area contributed by atoms with Crippen molar-refractivity contribution in [3.63, 3.8) is 0 Å². The van der Waals surface area contributed by atoms with Crippen LogP contribution in [0.15, 0.2) is 77.4 Å². The molecule has 3 aromatic rings. The molecular weight excluding hydrogens is 510 g/mol. The topological polar surface area (TPSA) is 81.1 Å². The summed E-state index contributed by atoms with van der Waals surface area (Å²) in [5.74, 6) is 0.327. The largest absolute Gasteiger partial charge is 0.467 e. The molecule has 5 rings (SSSR count). The average molecular weight is 546 g/mol. The maximum atomic E-state index is 14.1. The predicted molar refractivity (Wildman–Crippen MR) is 156 cm³/mol. The maximum absolute atomic E-state index is 14.1. The van der Waals surface area contributed by atoms with Crippen LogP contribution in [0.5, 0.6) is 0 Å². The van der Waals surface area contributed by atoms with E-state index in [2.05, 4.69) is 22.8 Å². The highest BCUT2D eigenvalue weighted by Crippen LogP contribution is 2.38. The van der Waals surface area contributed by atoms with Crippen LogP contribution >= 0.6 is 12.2 Å². The summed E-state index contributed by atoms with van der Waals surface area (Å²) in [4.78, 5) is 33.6. The van der Waals surface area contributed by atoms with Gasteiger partial charge in [0.1, 0.15) is 11.3 Å². The zero-order valence-electron chi connectivity index (χ0n) is 22.4. The first-order valence-corrected chi connectivity index (χ1v) is 13.8. The summed E-state index contributed by atoms with van der Waals surface area (Å²) >= 11 is 5.61. The standard InChI is InChI=1S/C30H35N5O3S/c1-33(2)24-14-12-23(13-15-24)31-28(37)30(16-6-7-17-30)35(19-25-11-8-18-38-25)27(36)21-34-20-26(32-29(34)39)22-9-4-3-5-10-22/h3-5,8-15,18,26H,6-7,16-17,19-21H2,1-2H3,(H,31,37)(H,32,39). The van der Waals surface area contributed by atoms with Crippen molar-refractivity contribution in [3.8, 4) is 0 Å². The van der Waals surface area contributed by atoms with E-state index in [0.29, 0.717) is 35.9 Å². The van der Waals surface area contributed by atoms with Crippen LogP contribution in [-0.4, -0.2) is 59.5 Å². The Morgan fingerprint density at radius 1 is 1.05 bits per heavy atom. The Balaban J connectivity index is 1.38. The van der Waals surface area contributed by atoms with Gasteiger partial charge in [-0.15, -0.1) is 0 Å². The van der Waals surface area contributed by atoms with Crippen LogP contribution in [0.2, 0.25) is 0 Å². The Morgan fingerprint density at radius 3 is 2.41 bits per heavy atom. The first kappa shape index (κ1) is 26.7. The van der Waals surface area contributed by atoms with Crippen LogP contribution in [0.1, 0.15) is 43.0 Å². The molecular formula is C30H35N5O3S. The van der Waals surface area contributed by atoms with Gasteiger partial charge >= 0.3 is 0 Å². The van der Waals surface area contributed by atoms with Gasteiger partial charge in [0.15, 0.2) is 5.11 Å². The number of thiocarbonyl (C=S) groups is 1. The van der Waals surface area contributed by atoms with Crippen LogP contribution in [0.3, 0.4) is 0 Å². The molecule has 204 valence electrons. The lowest BCUT2D eigenvalue weighted by Crippen LogP contribution is -2.59. The van der Waals surface area contributed by atoms with E-state index < -0.39 is 5.54 Å². The number of nitrogens with zero attached hydrogens (tertiary/aromatic N) is 3. The van der Waals surface area contributed by atoms with E-state index in [1.807, 2.05) is 72.4 Å². The van der Waals surface area contributed by atoms with Crippen LogP contribution in [-0.2, 0) is 16.1 Å². The van der Waals surface area contributed by atoms with Crippen LogP contribution in [0.4, 0.5) is 11.4 Å². The SMILES string of the molecule is CN(C)c1ccc(NC(=O)C2(N(Cc3ccco3)C(=O)CN3CC(c4ccccc4)NC3=S)CCCC2)cc1. The summed E-state index contributed by atoms with van der Waals surface area (Å²) in [6, 6.07) is 21.5. The monoisotopic (exact) mass is 545 g/mol. The molecule has 2 N–H and O–H groups in total. The molecule has 2 fully saturated rings. The molecule has 1 aliphatic heterocycles. The molecule has 39 heavy (non-hydrogen) atoms. The summed E-state index contributed by atoms with van der Waals surface area (Å²) in [7, 11) is 3.95. The van der Waals surface area contributed by atoms with Gasteiger partial charge in [0.2, 0.25) is 11.8 Å². The molecule has 1 saturated heterocycles. The summed E-state index contributed by atoms with van der Waals surface area (Å²) in [5, 5.41) is 6.99. The third-order valence-electron chi connectivity index (χ3n) is 7.72. The molecule has 1 atom stereocenters. The number of amides is 2. The maximum Gasteiger partial charge on any atom is 0.250 e. The van der Waals surface area contributed by atoms with E-state index in [1.54, 1.807) is 17.2 Å². The van der Waals surface area contributed by atoms with Gasteiger partial charge in [0.05, 0.1) is 25.4 Å². The van der Waals surface area contributed by atoms with E-state index in [0.717, 1.165) is 24.1 Å². The van der Waals surface area contributed by atoms with Gasteiger partial charge in [-0.1, -0.05) is 43.2 Å². The number of anilines is 2. The number of hydrogen-bond acceptors (Lipinski definition) is 5. The van der Waals surface area contributed by atoms with Crippen molar-refractivity contribution >= 4 is 40.5 Å². The summed E-state index contributed by atoms with van der Waals surface area (Å²) in [5.41, 5.74) is 1.90. The molecule has 0 radical (unpaired) electrons. The second-order valence-corrected chi connectivity index (χ2v) is 10.9. The minimum atomic E-state index is -0.975. The van der Waals surface area contributed by atoms with E-state index in [-0.39, 0.29) is 30.9 Å². The molecule has 2 aromatic carbocycles. The van der Waals surface area contributed by atoms with Crippen molar-refractivity contribution in [1.82, 2.24) is 15.1 Å². The summed E-state index contributed by atoms with van der Waals surface area (Å²) < 4.78 is 5.64. The molecule has 9 heteroatoms. The Kier molecular flexibility index (Phi) is 7.88. The molecule has 1 aromatic heterocycles. The molecule has 0 bridgehead atoms. The summed E-state index contributed by atoms with van der Waals surface area (Å²) in [6.07, 6.45) is 4.52. The van der Waals surface area contributed by atoms with Crippen LogP contribution < -0.4 is 15.5 Å². The normalized spacial score (nSPS) is 18.1. The van der Waals surface area contributed by atoms with Crippen molar-refractivity contribution in [1.29, 1.82) is 0 Å². The van der Waals surface area contributed by atoms with Crippen LogP contribution in [0, 0.1) is 0 Å². The van der Waals surface area contributed by atoms with Crippen molar-refractivity contribution in [2.75, 3.05) is 37.4 Å². The smallest absolute Gasteiger partial charge is 0.250 e. The number of carbonyl (C=O) groups is 2. The highest BCUT2D eigenvalue weighted by atomic mass is 32.1. The first-order chi connectivity index (χ1) is 18.9. The van der Waals surface area contributed by atoms with Gasteiger partial charge in [0.25, 0.3) is 0 Å². The second-order valence-electron chi connectivity index (χ2n) is 10.5. The van der Waals surface area contributed by atoms with Crippen molar-refractivity contribution in [2.45, 2.75) is 43.8 Å². The Morgan fingerprint density at radius 2 is 1.77 bits per heavy atom. The minimum Gasteiger partial charge on any atom is -0.467 e. The van der Waals surface area contributed by atoms with Gasteiger partial charge in [0, 0.05) is 32.0 Å². The van der Waals surface area contributed by atoms with Crippen LogP contribution in [0.25, 0.3) is 0 Å². The quantitative estimate of drug-likeness (QED) is 0.382. The lowest BCUT2D eigenvalue weighted by molar-refractivity contribution is -0.146. The second kappa shape index (κ2) is 11.5. The third kappa shape index (κ3) is 5.78. The summed E-state index contributed by atoms with van der Waals surface area (Å²) in [6.45, 7) is 0.887. The number of carbonyl (C=O) groups excluding carboxylic acids is 2. The molecule has 0 spiro atoms. The number of nitrogens with one attached hydrogen (secondary N) is 2. The van der Waals surface area contributed by atoms with Gasteiger partial charge < -0.3 is 29.8 Å². The fraction of sp³-hybridized carbons (Fsp3) is 0.367. The minimum absolute atomic E-state index is 0.0129. The highest BCUT2D eigenvalue weighted by molar-refractivity contribution is 7.80. The fourth-order valence-electron chi connectivity index (χ4n) is 5.55. The van der Waals surface area contributed by atoms with Gasteiger partial charge in [-0.3, -0.25) is 9.59 Å². The van der Waals surface area contributed by atoms with Gasteiger partial charge in [-0.25, -0.2) is 0 Å². The Hall–Kier alpha value is -3.85. The number of furan rings is 1. The van der Waals surface area contributed by atoms with E-state index >= 15 is 0 Å². The predicted octanol–water partition coefficient (Wildman–Crippen LogP) is 4.56. The molecule has 2 aliphatic rings. The Bertz CT molecular complexity index is 1290. The zero-order chi connectivity index (χ0) is 27.4. The lowest BCUT2D eigenvalue weighted by Gasteiger charge is -2.40. The van der Waals surface area contributed by atoms with Crippen molar-refractivity contribution < 1.29 is 14.0 Å². The fourth-order valence-corrected chi connectivity index (χ4v) is 5.84. The van der Waals surface area contributed by atoms with E-state index in [9.17, 15) is 9.59 Å². The highest BCUT2D eigenvalue weighted by Gasteiger charge is 2.49. The molecule has 1 aliphatic carbocycles. The Labute approximate surface area is 234 Å². The lowest BCUT2D eigenvalue weighted by atomic mass is 9.92. The molecule has 8 nitrogen and oxygen atoms in total. The van der Waals surface area contributed by atoms with Gasteiger partial charge in [-0.2, -0.15) is 0 Å². The molecule has 2 heterocycles. The average Bonchev–Trinajstić information content (AvgIpc) is 3.71. The molecule has 2 amide bonds. The molecule has 1 unspecified atom stereocenters. The zero-order valence-corrected chi connectivity index (χ0v) is 23.2. The van der Waals surface area contributed by atoms with Gasteiger partial charge in [-0.05, 0) is 67.0 Å². The number of rotatable bonds is 9. The first-order valence-electron chi connectivity index (χ1n) is 13.4. The van der Waals surface area contributed by atoms with Crippen molar-refractivity contribution in [2.24, 2.45) is 0 Å². The third-order valence-corrected chi connectivity index (χ3v) is 8.10.